The first-order valence-electron chi connectivity index (χ1n) is 9.27. The molecular formula is C21H22N6O2. The molecule has 2 aromatic heterocycles. The molecule has 0 aliphatic carbocycles. The number of aromatic nitrogens is 4. The number of benzene rings is 1. The lowest BCUT2D eigenvalue weighted by Crippen LogP contribution is -2.27. The summed E-state index contributed by atoms with van der Waals surface area (Å²) in [6, 6.07) is 9.50. The van der Waals surface area contributed by atoms with Crippen LogP contribution in [0.5, 0.6) is 0 Å². The predicted octanol–water partition coefficient (Wildman–Crippen LogP) is 2.25. The van der Waals surface area contributed by atoms with E-state index in [9.17, 15) is 9.59 Å². The number of hydrogen-bond donors (Lipinski definition) is 2. The highest BCUT2D eigenvalue weighted by Crippen LogP contribution is 2.17. The first-order chi connectivity index (χ1) is 13.9. The second-order valence-corrected chi connectivity index (χ2v) is 6.89. The minimum Gasteiger partial charge on any atom is -0.350 e. The summed E-state index contributed by atoms with van der Waals surface area (Å²) in [5.41, 5.74) is 3.74. The van der Waals surface area contributed by atoms with Crippen molar-refractivity contribution in [1.82, 2.24) is 25.1 Å². The Morgan fingerprint density at radius 1 is 1.31 bits per heavy atom. The van der Waals surface area contributed by atoms with E-state index in [0.29, 0.717) is 17.7 Å². The summed E-state index contributed by atoms with van der Waals surface area (Å²) in [5, 5.41) is 16.2. The topological polar surface area (TPSA) is 116 Å². The maximum atomic E-state index is 12.4. The molecule has 2 N–H and O–H groups in total. The third-order valence-electron chi connectivity index (χ3n) is 4.98. The number of amides is 1. The molecule has 29 heavy (non-hydrogen) atoms. The molecule has 0 saturated heterocycles. The Kier molecular flexibility index (Phi) is 5.88. The second-order valence-electron chi connectivity index (χ2n) is 6.89. The summed E-state index contributed by atoms with van der Waals surface area (Å²) in [7, 11) is 0. The number of carbonyl (C=O) groups excluding carboxylic acids is 1. The highest BCUT2D eigenvalue weighted by molar-refractivity contribution is 5.76. The number of nitrogens with one attached hydrogen (secondary N) is 2. The Balaban J connectivity index is 1.63. The lowest BCUT2D eigenvalue weighted by Gasteiger charge is -2.16. The molecule has 8 nitrogen and oxygen atoms in total. The van der Waals surface area contributed by atoms with Gasteiger partial charge in [-0.1, -0.05) is 12.1 Å². The first kappa shape index (κ1) is 20.0. The van der Waals surface area contributed by atoms with Crippen molar-refractivity contribution >= 4 is 5.91 Å². The standard InChI is InChI=1S/C21H22N6O2/c1-13-18(15(3)26-21(29)19(13)10-22)8-9-20(28)25-14(2)16-4-6-17(7-5-16)27-12-23-11-24-27/h4-7,11-12,14H,8-9H2,1-3H3,(H,25,28)(H,26,29)/t14-/m0/s1. The molecule has 2 heterocycles. The van der Waals surface area contributed by atoms with Gasteiger partial charge in [0.2, 0.25) is 5.91 Å². The Hall–Kier alpha value is -3.73. The van der Waals surface area contributed by atoms with Crippen LogP contribution in [0, 0.1) is 25.2 Å². The lowest BCUT2D eigenvalue weighted by atomic mass is 9.99. The monoisotopic (exact) mass is 390 g/mol. The molecule has 1 atom stereocenters. The summed E-state index contributed by atoms with van der Waals surface area (Å²) in [6.45, 7) is 5.45. The maximum Gasteiger partial charge on any atom is 0.266 e. The van der Waals surface area contributed by atoms with E-state index in [0.717, 1.165) is 16.8 Å². The van der Waals surface area contributed by atoms with Gasteiger partial charge in [0.05, 0.1) is 11.7 Å². The van der Waals surface area contributed by atoms with Crippen LogP contribution in [0.2, 0.25) is 0 Å². The van der Waals surface area contributed by atoms with Crippen LogP contribution in [0.25, 0.3) is 5.69 Å². The van der Waals surface area contributed by atoms with E-state index >= 15 is 0 Å². The lowest BCUT2D eigenvalue weighted by molar-refractivity contribution is -0.121. The van der Waals surface area contributed by atoms with E-state index in [-0.39, 0.29) is 23.9 Å². The molecular weight excluding hydrogens is 368 g/mol. The average molecular weight is 390 g/mol. The van der Waals surface area contributed by atoms with Crippen molar-refractivity contribution in [2.75, 3.05) is 0 Å². The smallest absolute Gasteiger partial charge is 0.266 e. The molecule has 0 radical (unpaired) electrons. The Bertz CT molecular complexity index is 1110. The number of aromatic amines is 1. The maximum absolute atomic E-state index is 12.4. The number of H-pyrrole nitrogens is 1. The van der Waals surface area contributed by atoms with E-state index in [1.165, 1.54) is 6.33 Å². The van der Waals surface area contributed by atoms with E-state index in [1.54, 1.807) is 24.9 Å². The molecule has 8 heteroatoms. The Morgan fingerprint density at radius 2 is 2.03 bits per heavy atom. The van der Waals surface area contributed by atoms with Crippen molar-refractivity contribution in [3.63, 3.8) is 0 Å². The average Bonchev–Trinajstić information content (AvgIpc) is 3.22. The molecule has 0 bridgehead atoms. The number of nitriles is 1. The molecule has 0 spiro atoms. The van der Waals surface area contributed by atoms with E-state index in [4.69, 9.17) is 5.26 Å². The highest BCUT2D eigenvalue weighted by atomic mass is 16.1. The Morgan fingerprint density at radius 3 is 2.66 bits per heavy atom. The largest absolute Gasteiger partial charge is 0.350 e. The number of nitrogens with zero attached hydrogens (tertiary/aromatic N) is 4. The summed E-state index contributed by atoms with van der Waals surface area (Å²) in [6.07, 6.45) is 3.81. The van der Waals surface area contributed by atoms with Crippen molar-refractivity contribution in [2.45, 2.75) is 39.7 Å². The molecule has 0 unspecified atom stereocenters. The van der Waals surface area contributed by atoms with Crippen LogP contribution in [0.3, 0.4) is 0 Å². The minimum atomic E-state index is -0.390. The zero-order valence-electron chi connectivity index (χ0n) is 16.6. The van der Waals surface area contributed by atoms with Gasteiger partial charge in [-0.25, -0.2) is 9.67 Å². The van der Waals surface area contributed by atoms with Gasteiger partial charge in [-0.15, -0.1) is 0 Å². The fourth-order valence-corrected chi connectivity index (χ4v) is 3.31. The van der Waals surface area contributed by atoms with Gasteiger partial charge in [0, 0.05) is 12.1 Å². The van der Waals surface area contributed by atoms with Gasteiger partial charge < -0.3 is 10.3 Å². The van der Waals surface area contributed by atoms with Crippen LogP contribution in [0.4, 0.5) is 0 Å². The van der Waals surface area contributed by atoms with E-state index in [1.807, 2.05) is 37.3 Å². The zero-order valence-corrected chi connectivity index (χ0v) is 16.6. The van der Waals surface area contributed by atoms with Gasteiger partial charge in [0.25, 0.3) is 5.56 Å². The van der Waals surface area contributed by atoms with Gasteiger partial charge in [0.1, 0.15) is 24.3 Å². The van der Waals surface area contributed by atoms with Crippen molar-refractivity contribution in [3.05, 3.63) is 75.2 Å². The van der Waals surface area contributed by atoms with Crippen LogP contribution < -0.4 is 10.9 Å². The number of pyridine rings is 1. The molecule has 3 rings (SSSR count). The van der Waals surface area contributed by atoms with Crippen molar-refractivity contribution in [2.24, 2.45) is 0 Å². The molecule has 3 aromatic rings. The van der Waals surface area contributed by atoms with Crippen LogP contribution in [0.1, 0.15) is 47.3 Å². The number of rotatable bonds is 6. The van der Waals surface area contributed by atoms with Crippen LogP contribution >= 0.6 is 0 Å². The van der Waals surface area contributed by atoms with Gasteiger partial charge in [0.15, 0.2) is 0 Å². The van der Waals surface area contributed by atoms with Crippen LogP contribution in [-0.4, -0.2) is 25.7 Å². The molecule has 0 aliphatic heterocycles. The predicted molar refractivity (Wildman–Crippen MR) is 107 cm³/mol. The summed E-state index contributed by atoms with van der Waals surface area (Å²) < 4.78 is 1.66. The molecule has 1 amide bonds. The zero-order chi connectivity index (χ0) is 21.0. The van der Waals surface area contributed by atoms with Crippen molar-refractivity contribution in [3.8, 4) is 11.8 Å². The number of aryl methyl sites for hydroxylation is 1. The van der Waals surface area contributed by atoms with Gasteiger partial charge in [-0.3, -0.25) is 9.59 Å². The second kappa shape index (κ2) is 8.52. The fourth-order valence-electron chi connectivity index (χ4n) is 3.31. The molecule has 0 aliphatic rings. The Labute approximate surface area is 168 Å². The highest BCUT2D eigenvalue weighted by Gasteiger charge is 2.15. The quantitative estimate of drug-likeness (QED) is 0.670. The fraction of sp³-hybridized carbons (Fsp3) is 0.286. The third-order valence-corrected chi connectivity index (χ3v) is 4.98. The van der Waals surface area contributed by atoms with Crippen molar-refractivity contribution in [1.29, 1.82) is 5.26 Å². The first-order valence-corrected chi connectivity index (χ1v) is 9.27. The van der Waals surface area contributed by atoms with Gasteiger partial charge >= 0.3 is 0 Å². The summed E-state index contributed by atoms with van der Waals surface area (Å²) >= 11 is 0. The molecule has 0 fully saturated rings. The van der Waals surface area contributed by atoms with E-state index < -0.39 is 5.56 Å². The molecule has 0 saturated carbocycles. The minimum absolute atomic E-state index is 0.0960. The normalized spacial score (nSPS) is 11.7. The molecule has 148 valence electrons. The number of carbonyl (C=O) groups is 1. The van der Waals surface area contributed by atoms with Crippen molar-refractivity contribution < 1.29 is 4.79 Å². The van der Waals surface area contributed by atoms with Gasteiger partial charge in [-0.2, -0.15) is 10.4 Å². The summed E-state index contributed by atoms with van der Waals surface area (Å²) in [4.78, 5) is 30.9. The SMILES string of the molecule is Cc1[nH]c(=O)c(C#N)c(C)c1CCC(=O)N[C@@H](C)c1ccc(-n2cncn2)cc1. The molecule has 1 aromatic carbocycles. The summed E-state index contributed by atoms with van der Waals surface area (Å²) in [5.74, 6) is -0.0960. The van der Waals surface area contributed by atoms with Gasteiger partial charge in [-0.05, 0) is 56.0 Å². The van der Waals surface area contributed by atoms with Crippen LogP contribution in [0.15, 0.2) is 41.7 Å². The van der Waals surface area contributed by atoms with E-state index in [2.05, 4.69) is 20.4 Å². The third kappa shape index (κ3) is 4.41. The van der Waals surface area contributed by atoms with Crippen LogP contribution in [-0.2, 0) is 11.2 Å². The number of hydrogen-bond acceptors (Lipinski definition) is 5.